The number of rotatable bonds is 5. The molecule has 0 bridgehead atoms. The Hall–Kier alpha value is -2.88. The van der Waals surface area contributed by atoms with Crippen molar-refractivity contribution in [3.63, 3.8) is 0 Å². The molecule has 2 aromatic heterocycles. The van der Waals surface area contributed by atoms with Gasteiger partial charge in [-0.1, -0.05) is 17.8 Å². The van der Waals surface area contributed by atoms with Crippen molar-refractivity contribution in [3.8, 4) is 11.5 Å². The van der Waals surface area contributed by atoms with Crippen molar-refractivity contribution < 1.29 is 22.4 Å². The number of aromatic nitrogens is 3. The molecule has 6 nitrogen and oxygen atoms in total. The Morgan fingerprint density at radius 3 is 2.65 bits per heavy atom. The maximum absolute atomic E-state index is 12.7. The third-order valence-electron chi connectivity index (χ3n) is 3.13. The van der Waals surface area contributed by atoms with Crippen LogP contribution in [0.15, 0.2) is 58.4 Å². The molecule has 10 heteroatoms. The van der Waals surface area contributed by atoms with E-state index in [4.69, 9.17) is 4.42 Å². The van der Waals surface area contributed by atoms with E-state index in [1.165, 1.54) is 12.1 Å². The molecule has 1 amide bonds. The lowest BCUT2D eigenvalue weighted by atomic mass is 10.2. The lowest BCUT2D eigenvalue weighted by molar-refractivity contribution is -0.137. The number of hydrogen-bond donors (Lipinski definition) is 1. The first-order valence-corrected chi connectivity index (χ1v) is 8.24. The lowest BCUT2D eigenvalue weighted by Gasteiger charge is -2.09. The minimum atomic E-state index is -4.47. The average molecular weight is 380 g/mol. The van der Waals surface area contributed by atoms with Crippen molar-refractivity contribution in [2.24, 2.45) is 0 Å². The van der Waals surface area contributed by atoms with Crippen molar-refractivity contribution in [1.29, 1.82) is 0 Å². The van der Waals surface area contributed by atoms with Crippen LogP contribution >= 0.6 is 11.8 Å². The predicted octanol–water partition coefficient (Wildman–Crippen LogP) is 3.88. The summed E-state index contributed by atoms with van der Waals surface area (Å²) in [5.41, 5.74) is -0.0805. The van der Waals surface area contributed by atoms with Crippen LogP contribution in [0.4, 0.5) is 18.9 Å². The molecule has 0 fully saturated rings. The van der Waals surface area contributed by atoms with Gasteiger partial charge in [-0.3, -0.25) is 9.78 Å². The van der Waals surface area contributed by atoms with Gasteiger partial charge in [-0.2, -0.15) is 13.2 Å². The molecule has 0 aliphatic carbocycles. The SMILES string of the molecule is O=C(CSc1nnc(-c2ccncc2)o1)Nc1cccc(C(F)(F)F)c1. The molecular weight excluding hydrogens is 369 g/mol. The van der Waals surface area contributed by atoms with E-state index in [0.717, 1.165) is 23.9 Å². The van der Waals surface area contributed by atoms with E-state index in [-0.39, 0.29) is 22.6 Å². The van der Waals surface area contributed by atoms with Gasteiger partial charge in [0, 0.05) is 23.6 Å². The maximum Gasteiger partial charge on any atom is 0.416 e. The minimum Gasteiger partial charge on any atom is -0.411 e. The Bertz CT molecular complexity index is 900. The first-order chi connectivity index (χ1) is 12.4. The molecule has 0 unspecified atom stereocenters. The molecular formula is C16H11F3N4O2S. The molecule has 0 radical (unpaired) electrons. The number of carbonyl (C=O) groups excluding carboxylic acids is 1. The number of amides is 1. The molecule has 3 aromatic rings. The summed E-state index contributed by atoms with van der Waals surface area (Å²) in [6, 6.07) is 7.81. The topological polar surface area (TPSA) is 80.9 Å². The number of pyridine rings is 1. The smallest absolute Gasteiger partial charge is 0.411 e. The first kappa shape index (κ1) is 17.9. The lowest BCUT2D eigenvalue weighted by Crippen LogP contribution is -2.15. The Kier molecular flexibility index (Phi) is 5.21. The van der Waals surface area contributed by atoms with Gasteiger partial charge in [0.05, 0.1) is 11.3 Å². The Balaban J connectivity index is 1.57. The van der Waals surface area contributed by atoms with Gasteiger partial charge < -0.3 is 9.73 Å². The zero-order chi connectivity index (χ0) is 18.6. The van der Waals surface area contributed by atoms with Gasteiger partial charge in [0.2, 0.25) is 11.8 Å². The Morgan fingerprint density at radius 2 is 1.92 bits per heavy atom. The Morgan fingerprint density at radius 1 is 1.15 bits per heavy atom. The molecule has 2 heterocycles. The van der Waals surface area contributed by atoms with Crippen molar-refractivity contribution in [2.45, 2.75) is 11.4 Å². The summed E-state index contributed by atoms with van der Waals surface area (Å²) in [7, 11) is 0. The molecule has 0 spiro atoms. The number of nitrogens with zero attached hydrogens (tertiary/aromatic N) is 3. The maximum atomic E-state index is 12.7. The molecule has 0 saturated carbocycles. The number of alkyl halides is 3. The van der Waals surface area contributed by atoms with E-state index in [2.05, 4.69) is 20.5 Å². The van der Waals surface area contributed by atoms with E-state index in [9.17, 15) is 18.0 Å². The van der Waals surface area contributed by atoms with E-state index < -0.39 is 17.6 Å². The molecule has 0 saturated heterocycles. The summed E-state index contributed by atoms with van der Waals surface area (Å²) in [6.45, 7) is 0. The zero-order valence-corrected chi connectivity index (χ0v) is 13.8. The molecule has 26 heavy (non-hydrogen) atoms. The van der Waals surface area contributed by atoms with Crippen molar-refractivity contribution in [2.75, 3.05) is 11.1 Å². The summed E-state index contributed by atoms with van der Waals surface area (Å²) >= 11 is 0.983. The molecule has 0 aliphatic heterocycles. The fourth-order valence-electron chi connectivity index (χ4n) is 1.98. The van der Waals surface area contributed by atoms with Crippen LogP contribution in [0.1, 0.15) is 5.56 Å². The molecule has 1 N–H and O–H groups in total. The standard InChI is InChI=1S/C16H11F3N4O2S/c17-16(18,19)11-2-1-3-12(8-11)21-13(24)9-26-15-23-22-14(25-15)10-4-6-20-7-5-10/h1-8H,9H2,(H,21,24). The van der Waals surface area contributed by atoms with Crippen LogP contribution in [0.3, 0.4) is 0 Å². The second-order valence-corrected chi connectivity index (χ2v) is 5.95. The summed E-state index contributed by atoms with van der Waals surface area (Å²) < 4.78 is 43.4. The number of nitrogens with one attached hydrogen (secondary N) is 1. The number of hydrogen-bond acceptors (Lipinski definition) is 6. The predicted molar refractivity (Wildman–Crippen MR) is 88.3 cm³/mol. The third-order valence-corrected chi connectivity index (χ3v) is 3.95. The number of thioether (sulfide) groups is 1. The second-order valence-electron chi connectivity index (χ2n) is 5.02. The summed E-state index contributed by atoms with van der Waals surface area (Å²) in [5.74, 6) is -0.292. The highest BCUT2D eigenvalue weighted by Crippen LogP contribution is 2.30. The largest absolute Gasteiger partial charge is 0.416 e. The molecule has 134 valence electrons. The van der Waals surface area contributed by atoms with Crippen LogP contribution in [0.5, 0.6) is 0 Å². The molecule has 1 aromatic carbocycles. The number of carbonyl (C=O) groups is 1. The molecule has 3 rings (SSSR count). The quantitative estimate of drug-likeness (QED) is 0.677. The number of anilines is 1. The van der Waals surface area contributed by atoms with Crippen LogP contribution in [0, 0.1) is 0 Å². The fourth-order valence-corrected chi connectivity index (χ4v) is 2.54. The summed E-state index contributed by atoms with van der Waals surface area (Å²) in [4.78, 5) is 15.8. The zero-order valence-electron chi connectivity index (χ0n) is 13.0. The van der Waals surface area contributed by atoms with Crippen LogP contribution in [-0.2, 0) is 11.0 Å². The van der Waals surface area contributed by atoms with Crippen molar-refractivity contribution in [1.82, 2.24) is 15.2 Å². The van der Waals surface area contributed by atoms with Gasteiger partial charge in [-0.25, -0.2) is 0 Å². The van der Waals surface area contributed by atoms with Gasteiger partial charge in [-0.05, 0) is 30.3 Å². The van der Waals surface area contributed by atoms with Crippen LogP contribution in [0.25, 0.3) is 11.5 Å². The van der Waals surface area contributed by atoms with Crippen LogP contribution in [0.2, 0.25) is 0 Å². The third kappa shape index (κ3) is 4.60. The van der Waals surface area contributed by atoms with Crippen LogP contribution < -0.4 is 5.32 Å². The highest BCUT2D eigenvalue weighted by Gasteiger charge is 2.30. The second kappa shape index (κ2) is 7.56. The number of halogens is 3. The van der Waals surface area contributed by atoms with Gasteiger partial charge in [0.25, 0.3) is 5.22 Å². The van der Waals surface area contributed by atoms with E-state index in [1.807, 2.05) is 0 Å². The van der Waals surface area contributed by atoms with Gasteiger partial charge in [-0.15, -0.1) is 10.2 Å². The fraction of sp³-hybridized carbons (Fsp3) is 0.125. The van der Waals surface area contributed by atoms with Gasteiger partial charge >= 0.3 is 6.18 Å². The summed E-state index contributed by atoms with van der Waals surface area (Å²) in [5, 5.41) is 10.3. The highest BCUT2D eigenvalue weighted by atomic mass is 32.2. The van der Waals surface area contributed by atoms with E-state index in [1.54, 1.807) is 24.5 Å². The molecule has 0 atom stereocenters. The minimum absolute atomic E-state index is 0.0634. The van der Waals surface area contributed by atoms with Gasteiger partial charge in [0.1, 0.15) is 0 Å². The van der Waals surface area contributed by atoms with E-state index >= 15 is 0 Å². The first-order valence-electron chi connectivity index (χ1n) is 7.25. The van der Waals surface area contributed by atoms with Crippen molar-refractivity contribution >= 4 is 23.4 Å². The monoisotopic (exact) mass is 380 g/mol. The highest BCUT2D eigenvalue weighted by molar-refractivity contribution is 7.99. The van der Waals surface area contributed by atoms with Crippen molar-refractivity contribution in [3.05, 3.63) is 54.4 Å². The normalized spacial score (nSPS) is 11.3. The van der Waals surface area contributed by atoms with E-state index in [0.29, 0.717) is 5.56 Å². The average Bonchev–Trinajstić information content (AvgIpc) is 3.09. The number of benzene rings is 1. The summed E-state index contributed by atoms with van der Waals surface area (Å²) in [6.07, 6.45) is -1.31. The van der Waals surface area contributed by atoms with Gasteiger partial charge in [0.15, 0.2) is 0 Å². The molecule has 0 aliphatic rings. The van der Waals surface area contributed by atoms with Crippen LogP contribution in [-0.4, -0.2) is 26.8 Å². The Labute approximate surface area is 149 Å².